The van der Waals surface area contributed by atoms with Crippen LogP contribution < -0.4 is 0 Å². The first-order chi connectivity index (χ1) is 8.78. The molecule has 7 heteroatoms. The van der Waals surface area contributed by atoms with Crippen molar-refractivity contribution < 1.29 is 9.73 Å². The second-order valence-corrected chi connectivity index (χ2v) is 4.60. The lowest BCUT2D eigenvalue weighted by Crippen LogP contribution is -2.05. The molecule has 0 fully saturated rings. The number of para-hydroxylation sites is 1. The molecule has 0 saturated carbocycles. The second-order valence-electron chi connectivity index (χ2n) is 3.57. The molecule has 0 spiro atoms. The van der Waals surface area contributed by atoms with Crippen LogP contribution in [0.15, 0.2) is 33.9 Å². The van der Waals surface area contributed by atoms with Crippen LogP contribution in [0.5, 0.6) is 0 Å². The van der Waals surface area contributed by atoms with Crippen LogP contribution in [0.1, 0.15) is 16.7 Å². The molecule has 2 heterocycles. The lowest BCUT2D eigenvalue weighted by molar-refractivity contribution is 0.319. The summed E-state index contributed by atoms with van der Waals surface area (Å²) in [6.07, 6.45) is 0. The highest BCUT2D eigenvalue weighted by Crippen LogP contribution is 2.23. The fourth-order valence-electron chi connectivity index (χ4n) is 1.55. The van der Waals surface area contributed by atoms with E-state index in [1.165, 1.54) is 11.3 Å². The summed E-state index contributed by atoms with van der Waals surface area (Å²) < 4.78 is 5.87. The predicted octanol–water partition coefficient (Wildman–Crippen LogP) is 2.21. The van der Waals surface area contributed by atoms with Crippen molar-refractivity contribution in [3.05, 3.63) is 41.0 Å². The van der Waals surface area contributed by atoms with Gasteiger partial charge in [0.05, 0.1) is 10.2 Å². The van der Waals surface area contributed by atoms with Gasteiger partial charge in [-0.3, -0.25) is 0 Å². The Labute approximate surface area is 106 Å². The molecule has 18 heavy (non-hydrogen) atoms. The molecule has 3 rings (SSSR count). The molecule has 3 aromatic rings. The van der Waals surface area contributed by atoms with Crippen molar-refractivity contribution in [2.75, 3.05) is 0 Å². The van der Waals surface area contributed by atoms with Crippen LogP contribution in [-0.4, -0.2) is 26.0 Å². The molecule has 0 unspecified atom stereocenters. The third-order valence-electron chi connectivity index (χ3n) is 2.34. The Morgan fingerprint density at radius 3 is 2.83 bits per heavy atom. The van der Waals surface area contributed by atoms with Crippen LogP contribution in [0.2, 0.25) is 0 Å². The van der Waals surface area contributed by atoms with Crippen LogP contribution in [0.25, 0.3) is 10.2 Å². The number of oxime groups is 1. The number of nitrogens with zero attached hydrogens (tertiary/aromatic N) is 4. The fourth-order valence-corrected chi connectivity index (χ4v) is 2.50. The maximum absolute atomic E-state index is 9.10. The van der Waals surface area contributed by atoms with Crippen LogP contribution in [0, 0.1) is 6.92 Å². The van der Waals surface area contributed by atoms with Crippen LogP contribution in [-0.2, 0) is 0 Å². The summed E-state index contributed by atoms with van der Waals surface area (Å²) in [5.41, 5.74) is 1.06. The Morgan fingerprint density at radius 2 is 2.17 bits per heavy atom. The Balaban J connectivity index is 2.12. The average Bonchev–Trinajstić information content (AvgIpc) is 2.96. The molecular weight excluding hydrogens is 252 g/mol. The minimum atomic E-state index is 0.216. The Hall–Kier alpha value is -2.28. The van der Waals surface area contributed by atoms with Crippen molar-refractivity contribution in [1.29, 1.82) is 0 Å². The predicted molar refractivity (Wildman–Crippen MR) is 66.1 cm³/mol. The number of fused-ring (bicyclic) bond motifs is 1. The summed E-state index contributed by atoms with van der Waals surface area (Å²) in [5, 5.41) is 16.6. The number of rotatable bonds is 2. The fraction of sp³-hybridized carbons (Fsp3) is 0.0909. The molecule has 0 aliphatic heterocycles. The van der Waals surface area contributed by atoms with Crippen molar-refractivity contribution in [2.24, 2.45) is 5.16 Å². The molecule has 1 N–H and O–H groups in total. The molecule has 90 valence electrons. The van der Waals surface area contributed by atoms with E-state index in [0.717, 1.165) is 10.2 Å². The van der Waals surface area contributed by atoms with E-state index in [0.29, 0.717) is 10.9 Å². The number of hydrogen-bond acceptors (Lipinski definition) is 7. The van der Waals surface area contributed by atoms with E-state index in [1.807, 2.05) is 24.3 Å². The van der Waals surface area contributed by atoms with Gasteiger partial charge in [0, 0.05) is 6.92 Å². The highest BCUT2D eigenvalue weighted by atomic mass is 32.1. The van der Waals surface area contributed by atoms with Crippen LogP contribution in [0.3, 0.4) is 0 Å². The zero-order chi connectivity index (χ0) is 12.5. The third kappa shape index (κ3) is 1.74. The topological polar surface area (TPSA) is 84.4 Å². The summed E-state index contributed by atoms with van der Waals surface area (Å²) in [5.74, 6) is 0.640. The van der Waals surface area contributed by atoms with E-state index in [4.69, 9.17) is 9.73 Å². The van der Waals surface area contributed by atoms with Gasteiger partial charge in [0.15, 0.2) is 10.7 Å². The van der Waals surface area contributed by atoms with E-state index in [1.54, 1.807) is 6.92 Å². The van der Waals surface area contributed by atoms with Gasteiger partial charge in [-0.2, -0.15) is 4.98 Å². The molecule has 1 aromatic carbocycles. The van der Waals surface area contributed by atoms with E-state index in [-0.39, 0.29) is 11.5 Å². The van der Waals surface area contributed by atoms with Crippen molar-refractivity contribution in [2.45, 2.75) is 6.92 Å². The molecule has 0 aliphatic carbocycles. The molecule has 0 amide bonds. The summed E-state index contributed by atoms with van der Waals surface area (Å²) >= 11 is 1.41. The van der Waals surface area contributed by atoms with Crippen molar-refractivity contribution in [1.82, 2.24) is 15.1 Å². The lowest BCUT2D eigenvalue weighted by atomic mass is 10.3. The number of thiazole rings is 1. The van der Waals surface area contributed by atoms with E-state index < -0.39 is 0 Å². The molecular formula is C11H8N4O2S. The van der Waals surface area contributed by atoms with Gasteiger partial charge >= 0.3 is 0 Å². The number of aromatic nitrogens is 3. The maximum atomic E-state index is 9.10. The minimum Gasteiger partial charge on any atom is -0.410 e. The molecule has 6 nitrogen and oxygen atoms in total. The monoisotopic (exact) mass is 260 g/mol. The van der Waals surface area contributed by atoms with Crippen molar-refractivity contribution in [3.63, 3.8) is 0 Å². The van der Waals surface area contributed by atoms with Gasteiger partial charge in [-0.15, -0.1) is 11.3 Å². The van der Waals surface area contributed by atoms with Crippen LogP contribution >= 0.6 is 11.3 Å². The van der Waals surface area contributed by atoms with Crippen LogP contribution in [0.4, 0.5) is 0 Å². The molecule has 0 atom stereocenters. The van der Waals surface area contributed by atoms with Gasteiger partial charge in [-0.25, -0.2) is 4.98 Å². The van der Waals surface area contributed by atoms with Gasteiger partial charge in [-0.1, -0.05) is 22.4 Å². The lowest BCUT2D eigenvalue weighted by Gasteiger charge is -1.91. The van der Waals surface area contributed by atoms with Gasteiger partial charge in [0.1, 0.15) is 0 Å². The highest BCUT2D eigenvalue weighted by molar-refractivity contribution is 7.20. The zero-order valence-electron chi connectivity index (χ0n) is 9.36. The molecule has 0 saturated heterocycles. The van der Waals surface area contributed by atoms with Gasteiger partial charge in [0.25, 0.3) is 0 Å². The maximum Gasteiger partial charge on any atom is 0.227 e. The van der Waals surface area contributed by atoms with E-state index >= 15 is 0 Å². The average molecular weight is 260 g/mol. The normalized spacial score (nSPS) is 12.2. The smallest absolute Gasteiger partial charge is 0.227 e. The summed E-state index contributed by atoms with van der Waals surface area (Å²) in [7, 11) is 0. The van der Waals surface area contributed by atoms with E-state index in [9.17, 15) is 0 Å². The standard InChI is InChI=1S/C11H8N4O2S/c1-6-12-10(15-17-6)9(14-16)11-13-7-4-2-3-5-8(7)18-11/h2-5,16H,1H3/b14-9+. The summed E-state index contributed by atoms with van der Waals surface area (Å²) in [4.78, 5) is 8.40. The first kappa shape index (κ1) is 10.8. The van der Waals surface area contributed by atoms with E-state index in [2.05, 4.69) is 20.3 Å². The molecule has 0 bridgehead atoms. The summed E-state index contributed by atoms with van der Waals surface area (Å²) in [6, 6.07) is 7.68. The Bertz CT molecular complexity index is 698. The number of benzene rings is 1. The van der Waals surface area contributed by atoms with Crippen molar-refractivity contribution >= 4 is 27.3 Å². The Kier molecular flexibility index (Phi) is 2.52. The first-order valence-electron chi connectivity index (χ1n) is 5.16. The quantitative estimate of drug-likeness (QED) is 0.434. The molecule has 0 radical (unpaired) electrons. The number of hydrogen-bond donors (Lipinski definition) is 1. The van der Waals surface area contributed by atoms with Crippen molar-refractivity contribution in [3.8, 4) is 0 Å². The van der Waals surface area contributed by atoms with Gasteiger partial charge < -0.3 is 9.73 Å². The Morgan fingerprint density at radius 1 is 1.33 bits per heavy atom. The minimum absolute atomic E-state index is 0.216. The first-order valence-corrected chi connectivity index (χ1v) is 5.98. The molecule has 2 aromatic heterocycles. The number of aryl methyl sites for hydroxylation is 1. The molecule has 0 aliphatic rings. The zero-order valence-corrected chi connectivity index (χ0v) is 10.2. The van der Waals surface area contributed by atoms with Gasteiger partial charge in [0.2, 0.25) is 11.7 Å². The third-order valence-corrected chi connectivity index (χ3v) is 3.38. The second kappa shape index (κ2) is 4.19. The largest absolute Gasteiger partial charge is 0.410 e. The SMILES string of the molecule is Cc1nc(/C(=N\O)c2nc3ccccc3s2)no1. The van der Waals surface area contributed by atoms with Gasteiger partial charge in [-0.05, 0) is 12.1 Å². The summed E-state index contributed by atoms with van der Waals surface area (Å²) in [6.45, 7) is 1.67. The highest BCUT2D eigenvalue weighted by Gasteiger charge is 2.18.